The molecule has 162 valence electrons. The van der Waals surface area contributed by atoms with Crippen LogP contribution in [0.5, 0.6) is 11.5 Å². The van der Waals surface area contributed by atoms with Gasteiger partial charge in [0.1, 0.15) is 5.82 Å². The van der Waals surface area contributed by atoms with Crippen LogP contribution in [0.25, 0.3) is 0 Å². The Balaban J connectivity index is 1.54. The van der Waals surface area contributed by atoms with Crippen LogP contribution >= 0.6 is 0 Å². The van der Waals surface area contributed by atoms with E-state index in [-0.39, 0.29) is 17.3 Å². The molecule has 8 nitrogen and oxygen atoms in total. The standard InChI is InChI=1S/C20H24FN3O5S/c1-28-18-8-5-16(13-19(18)29-2)22-20(25)14-23-9-11-24(12-10-23)30(26,27)17-6-3-15(21)4-7-17/h3-8,13H,9-12,14H2,1-2H3,(H,22,25)/p+1. The Kier molecular flexibility index (Phi) is 6.91. The Morgan fingerprint density at radius 2 is 1.70 bits per heavy atom. The topological polar surface area (TPSA) is 89.4 Å². The first-order valence-corrected chi connectivity index (χ1v) is 10.9. The Hall–Kier alpha value is -2.69. The van der Waals surface area contributed by atoms with Crippen molar-refractivity contribution in [2.24, 2.45) is 0 Å². The van der Waals surface area contributed by atoms with Crippen LogP contribution in [0.15, 0.2) is 47.4 Å². The number of sulfonamides is 1. The number of piperazine rings is 1. The van der Waals surface area contributed by atoms with Gasteiger partial charge < -0.3 is 19.7 Å². The number of amides is 1. The van der Waals surface area contributed by atoms with E-state index in [9.17, 15) is 17.6 Å². The third-order valence-electron chi connectivity index (χ3n) is 4.96. The van der Waals surface area contributed by atoms with Crippen LogP contribution in [-0.4, -0.2) is 65.6 Å². The van der Waals surface area contributed by atoms with Gasteiger partial charge in [0.05, 0.1) is 45.3 Å². The lowest BCUT2D eigenvalue weighted by molar-refractivity contribution is -0.895. The summed E-state index contributed by atoms with van der Waals surface area (Å²) in [7, 11) is -0.609. The first kappa shape index (κ1) is 22.0. The fourth-order valence-corrected chi connectivity index (χ4v) is 4.76. The van der Waals surface area contributed by atoms with E-state index in [1.54, 1.807) is 18.2 Å². The van der Waals surface area contributed by atoms with E-state index in [4.69, 9.17) is 9.47 Å². The van der Waals surface area contributed by atoms with Gasteiger partial charge in [-0.05, 0) is 36.4 Å². The number of ether oxygens (including phenoxy) is 2. The quantitative estimate of drug-likeness (QED) is 0.652. The SMILES string of the molecule is COc1ccc(NC(=O)C[NH+]2CCN(S(=O)(=O)c3ccc(F)cc3)CC2)cc1OC. The fraction of sp³-hybridized carbons (Fsp3) is 0.350. The van der Waals surface area contributed by atoms with Crippen molar-refractivity contribution in [3.63, 3.8) is 0 Å². The molecular weight excluding hydrogens is 413 g/mol. The zero-order valence-electron chi connectivity index (χ0n) is 16.9. The lowest BCUT2D eigenvalue weighted by atomic mass is 10.2. The van der Waals surface area contributed by atoms with Gasteiger partial charge in [-0.2, -0.15) is 4.31 Å². The maximum Gasteiger partial charge on any atom is 0.279 e. The molecule has 0 spiro atoms. The van der Waals surface area contributed by atoms with Gasteiger partial charge in [0.2, 0.25) is 10.0 Å². The predicted molar refractivity (Wildman–Crippen MR) is 109 cm³/mol. The lowest BCUT2D eigenvalue weighted by Gasteiger charge is -2.31. The van der Waals surface area contributed by atoms with Gasteiger partial charge in [-0.25, -0.2) is 12.8 Å². The van der Waals surface area contributed by atoms with Crippen LogP contribution in [0, 0.1) is 5.82 Å². The molecule has 30 heavy (non-hydrogen) atoms. The molecule has 1 aliphatic heterocycles. The molecule has 0 unspecified atom stereocenters. The monoisotopic (exact) mass is 438 g/mol. The van der Waals surface area contributed by atoms with Crippen LogP contribution in [-0.2, 0) is 14.8 Å². The minimum absolute atomic E-state index is 0.0681. The minimum Gasteiger partial charge on any atom is -0.493 e. The number of benzene rings is 2. The average Bonchev–Trinajstić information content (AvgIpc) is 2.74. The van der Waals surface area contributed by atoms with E-state index >= 15 is 0 Å². The minimum atomic E-state index is -3.67. The molecule has 3 rings (SSSR count). The number of carbonyl (C=O) groups excluding carboxylic acids is 1. The second-order valence-electron chi connectivity index (χ2n) is 6.90. The predicted octanol–water partition coefficient (Wildman–Crippen LogP) is 0.371. The highest BCUT2D eigenvalue weighted by Gasteiger charge is 2.31. The third-order valence-corrected chi connectivity index (χ3v) is 6.87. The van der Waals surface area contributed by atoms with Crippen LogP contribution in [0.1, 0.15) is 0 Å². The summed E-state index contributed by atoms with van der Waals surface area (Å²) >= 11 is 0. The zero-order chi connectivity index (χ0) is 21.7. The molecule has 0 bridgehead atoms. The number of nitrogens with one attached hydrogen (secondary N) is 2. The van der Waals surface area contributed by atoms with Gasteiger partial charge in [0.25, 0.3) is 5.91 Å². The normalized spacial score (nSPS) is 15.6. The number of nitrogens with zero attached hydrogens (tertiary/aromatic N) is 1. The van der Waals surface area contributed by atoms with E-state index in [1.165, 1.54) is 30.7 Å². The number of anilines is 1. The second kappa shape index (κ2) is 9.41. The van der Waals surface area contributed by atoms with Crippen molar-refractivity contribution in [3.8, 4) is 11.5 Å². The smallest absolute Gasteiger partial charge is 0.279 e. The van der Waals surface area contributed by atoms with Crippen molar-refractivity contribution in [1.82, 2.24) is 4.31 Å². The average molecular weight is 439 g/mol. The van der Waals surface area contributed by atoms with Gasteiger partial charge in [0.15, 0.2) is 18.0 Å². The van der Waals surface area contributed by atoms with Crippen LogP contribution in [0.3, 0.4) is 0 Å². The Morgan fingerprint density at radius 1 is 1.07 bits per heavy atom. The summed E-state index contributed by atoms with van der Waals surface area (Å²) in [6, 6.07) is 9.90. The Morgan fingerprint density at radius 3 is 2.30 bits per heavy atom. The van der Waals surface area contributed by atoms with Crippen molar-refractivity contribution in [3.05, 3.63) is 48.3 Å². The summed E-state index contributed by atoms with van der Waals surface area (Å²) in [5.41, 5.74) is 0.592. The molecule has 2 N–H and O–H groups in total. The van der Waals surface area contributed by atoms with Crippen molar-refractivity contribution in [2.75, 3.05) is 52.3 Å². The Bertz CT molecular complexity index is 990. The van der Waals surface area contributed by atoms with Crippen molar-refractivity contribution in [2.45, 2.75) is 4.90 Å². The molecule has 0 aliphatic carbocycles. The molecule has 1 aliphatic rings. The van der Waals surface area contributed by atoms with E-state index in [1.807, 2.05) is 0 Å². The van der Waals surface area contributed by atoms with Gasteiger partial charge in [-0.1, -0.05) is 0 Å². The molecule has 1 fully saturated rings. The number of quaternary nitrogens is 1. The van der Waals surface area contributed by atoms with Gasteiger partial charge in [-0.15, -0.1) is 0 Å². The summed E-state index contributed by atoms with van der Waals surface area (Å²) < 4.78 is 50.2. The van der Waals surface area contributed by atoms with Gasteiger partial charge in [-0.3, -0.25) is 4.79 Å². The number of hydrogen-bond donors (Lipinski definition) is 2. The first-order chi connectivity index (χ1) is 14.3. The number of hydrogen-bond acceptors (Lipinski definition) is 5. The Labute approximate surface area is 175 Å². The molecule has 1 heterocycles. The van der Waals surface area contributed by atoms with E-state index in [2.05, 4.69) is 5.32 Å². The molecular formula is C20H25FN3O5S+. The van der Waals surface area contributed by atoms with Crippen molar-refractivity contribution < 1.29 is 32.0 Å². The molecule has 0 saturated carbocycles. The van der Waals surface area contributed by atoms with E-state index < -0.39 is 15.8 Å². The van der Waals surface area contributed by atoms with E-state index in [0.717, 1.165) is 17.0 Å². The summed E-state index contributed by atoms with van der Waals surface area (Å²) in [5, 5.41) is 2.83. The number of rotatable bonds is 7. The number of carbonyl (C=O) groups is 1. The molecule has 1 saturated heterocycles. The van der Waals surface area contributed by atoms with Crippen molar-refractivity contribution in [1.29, 1.82) is 0 Å². The molecule has 2 aromatic carbocycles. The summed E-state index contributed by atoms with van der Waals surface area (Å²) in [6.45, 7) is 1.80. The lowest BCUT2D eigenvalue weighted by Crippen LogP contribution is -3.15. The molecule has 0 aromatic heterocycles. The highest BCUT2D eigenvalue weighted by molar-refractivity contribution is 7.89. The molecule has 0 atom stereocenters. The second-order valence-corrected chi connectivity index (χ2v) is 8.84. The number of methoxy groups -OCH3 is 2. The largest absolute Gasteiger partial charge is 0.493 e. The molecule has 1 amide bonds. The molecule has 0 radical (unpaired) electrons. The fourth-order valence-electron chi connectivity index (χ4n) is 3.32. The summed E-state index contributed by atoms with van der Waals surface area (Å²) in [4.78, 5) is 13.4. The van der Waals surface area contributed by atoms with Crippen LogP contribution in [0.2, 0.25) is 0 Å². The maximum atomic E-state index is 13.1. The zero-order valence-corrected chi connectivity index (χ0v) is 17.7. The van der Waals surface area contributed by atoms with Gasteiger partial charge in [0, 0.05) is 11.8 Å². The van der Waals surface area contributed by atoms with E-state index in [0.29, 0.717) is 43.4 Å². The van der Waals surface area contributed by atoms with Crippen LogP contribution in [0.4, 0.5) is 10.1 Å². The molecule has 2 aromatic rings. The highest BCUT2D eigenvalue weighted by atomic mass is 32.2. The maximum absolute atomic E-state index is 13.1. The highest BCUT2D eigenvalue weighted by Crippen LogP contribution is 2.29. The summed E-state index contributed by atoms with van der Waals surface area (Å²) in [6.07, 6.45) is 0. The first-order valence-electron chi connectivity index (χ1n) is 9.44. The van der Waals surface area contributed by atoms with Crippen LogP contribution < -0.4 is 19.7 Å². The summed E-state index contributed by atoms with van der Waals surface area (Å²) in [5.74, 6) is 0.428. The number of halogens is 1. The van der Waals surface area contributed by atoms with Crippen molar-refractivity contribution >= 4 is 21.6 Å². The van der Waals surface area contributed by atoms with Gasteiger partial charge >= 0.3 is 0 Å². The molecule has 10 heteroatoms. The third kappa shape index (κ3) is 5.07.